The van der Waals surface area contributed by atoms with E-state index in [1.165, 1.54) is 0 Å². The average Bonchev–Trinajstić information content (AvgIpc) is 2.59. The number of aliphatic hydroxyl groups is 1. The number of hydrogen-bond donors (Lipinski definition) is 2. The highest BCUT2D eigenvalue weighted by Gasteiger charge is 2.06. The van der Waals surface area contributed by atoms with E-state index < -0.39 is 6.10 Å². The number of aliphatic hydroxyl groups excluding tert-OH is 1. The largest absolute Gasteiger partial charge is 0.390 e. The Hall–Kier alpha value is -0.910. The van der Waals surface area contributed by atoms with Crippen molar-refractivity contribution in [3.8, 4) is 0 Å². The lowest BCUT2D eigenvalue weighted by molar-refractivity contribution is 0.139. The summed E-state index contributed by atoms with van der Waals surface area (Å²) in [5.74, 6) is 0. The molecule has 0 aromatic carbocycles. The number of ether oxygens (including phenoxy) is 1. The molecule has 0 bridgehead atoms. The van der Waals surface area contributed by atoms with Gasteiger partial charge in [-0.3, -0.25) is 4.68 Å². The Morgan fingerprint density at radius 1 is 1.67 bits per heavy atom. The molecule has 2 N–H and O–H groups in total. The van der Waals surface area contributed by atoms with Crippen molar-refractivity contribution in [3.05, 3.63) is 18.0 Å². The molecule has 1 unspecified atom stereocenters. The number of aromatic nitrogens is 2. The molecule has 0 aliphatic heterocycles. The number of nitrogens with zero attached hydrogens (tertiary/aromatic N) is 2. The van der Waals surface area contributed by atoms with Crippen molar-refractivity contribution >= 4 is 0 Å². The van der Waals surface area contributed by atoms with E-state index >= 15 is 0 Å². The molecule has 0 saturated carbocycles. The van der Waals surface area contributed by atoms with Crippen molar-refractivity contribution in [2.75, 3.05) is 26.8 Å². The van der Waals surface area contributed by atoms with Crippen LogP contribution in [0, 0.1) is 6.92 Å². The van der Waals surface area contributed by atoms with Gasteiger partial charge in [-0.05, 0) is 13.0 Å². The molecule has 1 rings (SSSR count). The van der Waals surface area contributed by atoms with Crippen molar-refractivity contribution in [3.63, 3.8) is 0 Å². The molecule has 5 nitrogen and oxygen atoms in total. The van der Waals surface area contributed by atoms with Crippen LogP contribution in [-0.4, -0.2) is 47.8 Å². The van der Waals surface area contributed by atoms with E-state index in [0.29, 0.717) is 19.7 Å². The molecule has 0 radical (unpaired) electrons. The average molecular weight is 213 g/mol. The first kappa shape index (κ1) is 12.2. The van der Waals surface area contributed by atoms with E-state index in [1.807, 2.05) is 13.0 Å². The lowest BCUT2D eigenvalue weighted by Crippen LogP contribution is -2.32. The Bertz CT molecular complexity index is 275. The molecule has 0 saturated heterocycles. The molecule has 0 amide bonds. The van der Waals surface area contributed by atoms with Crippen molar-refractivity contribution < 1.29 is 9.84 Å². The summed E-state index contributed by atoms with van der Waals surface area (Å²) in [6.45, 7) is 4.47. The number of aryl methyl sites for hydroxylation is 1. The highest BCUT2D eigenvalue weighted by atomic mass is 16.5. The molecule has 0 aliphatic carbocycles. The van der Waals surface area contributed by atoms with E-state index in [2.05, 4.69) is 10.4 Å². The van der Waals surface area contributed by atoms with Crippen LogP contribution < -0.4 is 5.32 Å². The highest BCUT2D eigenvalue weighted by molar-refractivity contribution is 4.96. The summed E-state index contributed by atoms with van der Waals surface area (Å²) in [6.07, 6.45) is 1.32. The lowest BCUT2D eigenvalue weighted by Gasteiger charge is -2.12. The molecule has 1 aromatic rings. The van der Waals surface area contributed by atoms with E-state index in [1.54, 1.807) is 18.0 Å². The standard InChI is InChI=1S/C10H19N3O2/c1-9-3-4-12-13(9)8-10(14)7-11-5-6-15-2/h3-4,10-11,14H,5-8H2,1-2H3. The molecular formula is C10H19N3O2. The number of rotatable bonds is 7. The summed E-state index contributed by atoms with van der Waals surface area (Å²) in [6, 6.07) is 1.92. The highest BCUT2D eigenvalue weighted by Crippen LogP contribution is 1.97. The SMILES string of the molecule is COCCNCC(O)Cn1nccc1C. The minimum absolute atomic E-state index is 0.416. The van der Waals surface area contributed by atoms with Crippen LogP contribution in [0.1, 0.15) is 5.69 Å². The summed E-state index contributed by atoms with van der Waals surface area (Å²) < 4.78 is 6.68. The van der Waals surface area contributed by atoms with Crippen LogP contribution >= 0.6 is 0 Å². The number of methoxy groups -OCH3 is 1. The topological polar surface area (TPSA) is 59.3 Å². The van der Waals surface area contributed by atoms with Crippen LogP contribution in [0.5, 0.6) is 0 Å². The first-order chi connectivity index (χ1) is 7.24. The van der Waals surface area contributed by atoms with Crippen molar-refractivity contribution in [1.29, 1.82) is 0 Å². The van der Waals surface area contributed by atoms with Gasteiger partial charge >= 0.3 is 0 Å². The third-order valence-corrected chi connectivity index (χ3v) is 2.18. The number of hydrogen-bond acceptors (Lipinski definition) is 4. The van der Waals surface area contributed by atoms with Gasteiger partial charge in [-0.25, -0.2) is 0 Å². The molecule has 0 spiro atoms. The van der Waals surface area contributed by atoms with Gasteiger partial charge in [0.25, 0.3) is 0 Å². The van der Waals surface area contributed by atoms with Crippen molar-refractivity contribution in [2.24, 2.45) is 0 Å². The fourth-order valence-corrected chi connectivity index (χ4v) is 1.30. The zero-order valence-electron chi connectivity index (χ0n) is 9.31. The third kappa shape index (κ3) is 4.42. The van der Waals surface area contributed by atoms with Crippen LogP contribution in [-0.2, 0) is 11.3 Å². The van der Waals surface area contributed by atoms with E-state index in [4.69, 9.17) is 4.74 Å². The monoisotopic (exact) mass is 213 g/mol. The maximum Gasteiger partial charge on any atom is 0.0860 e. The predicted molar refractivity (Wildman–Crippen MR) is 57.7 cm³/mol. The summed E-state index contributed by atoms with van der Waals surface area (Å²) in [4.78, 5) is 0. The first-order valence-corrected chi connectivity index (χ1v) is 5.10. The molecule has 0 fully saturated rings. The van der Waals surface area contributed by atoms with Gasteiger partial charge in [-0.15, -0.1) is 0 Å². The Morgan fingerprint density at radius 3 is 3.07 bits per heavy atom. The molecule has 86 valence electrons. The Balaban J connectivity index is 2.18. The minimum atomic E-state index is -0.416. The van der Waals surface area contributed by atoms with Crippen molar-refractivity contribution in [2.45, 2.75) is 19.6 Å². The molecule has 0 aliphatic rings. The second-order valence-corrected chi connectivity index (χ2v) is 3.51. The van der Waals surface area contributed by atoms with Gasteiger partial charge in [0.2, 0.25) is 0 Å². The summed E-state index contributed by atoms with van der Waals surface area (Å²) in [7, 11) is 1.66. The summed E-state index contributed by atoms with van der Waals surface area (Å²) in [5, 5.41) is 16.9. The van der Waals surface area contributed by atoms with Crippen LogP contribution in [0.15, 0.2) is 12.3 Å². The number of nitrogens with one attached hydrogen (secondary N) is 1. The zero-order valence-corrected chi connectivity index (χ0v) is 9.31. The van der Waals surface area contributed by atoms with E-state index in [0.717, 1.165) is 12.2 Å². The Morgan fingerprint density at radius 2 is 2.47 bits per heavy atom. The zero-order chi connectivity index (χ0) is 11.1. The normalized spacial score (nSPS) is 13.0. The van der Waals surface area contributed by atoms with Gasteiger partial charge in [-0.1, -0.05) is 0 Å². The van der Waals surface area contributed by atoms with E-state index in [9.17, 15) is 5.11 Å². The van der Waals surface area contributed by atoms with Gasteiger partial charge < -0.3 is 15.2 Å². The molecule has 5 heteroatoms. The van der Waals surface area contributed by atoms with Gasteiger partial charge in [0.1, 0.15) is 0 Å². The van der Waals surface area contributed by atoms with Crippen LogP contribution in [0.25, 0.3) is 0 Å². The quantitative estimate of drug-likeness (QED) is 0.615. The Labute approximate surface area is 90.1 Å². The maximum atomic E-state index is 9.68. The van der Waals surface area contributed by atoms with Gasteiger partial charge in [0.15, 0.2) is 0 Å². The third-order valence-electron chi connectivity index (χ3n) is 2.18. The summed E-state index contributed by atoms with van der Waals surface area (Å²) >= 11 is 0. The smallest absolute Gasteiger partial charge is 0.0860 e. The van der Waals surface area contributed by atoms with Crippen LogP contribution in [0.4, 0.5) is 0 Å². The second-order valence-electron chi connectivity index (χ2n) is 3.51. The van der Waals surface area contributed by atoms with Crippen molar-refractivity contribution in [1.82, 2.24) is 15.1 Å². The predicted octanol–water partition coefficient (Wildman–Crippen LogP) is -0.212. The fraction of sp³-hybridized carbons (Fsp3) is 0.700. The molecule has 1 heterocycles. The Kier molecular flexibility index (Phi) is 5.31. The molecule has 1 atom stereocenters. The fourth-order valence-electron chi connectivity index (χ4n) is 1.30. The molecule has 1 aromatic heterocycles. The molecular weight excluding hydrogens is 194 g/mol. The second kappa shape index (κ2) is 6.55. The van der Waals surface area contributed by atoms with E-state index in [-0.39, 0.29) is 0 Å². The molecule has 15 heavy (non-hydrogen) atoms. The first-order valence-electron chi connectivity index (χ1n) is 5.10. The van der Waals surface area contributed by atoms with Gasteiger partial charge in [0.05, 0.1) is 19.3 Å². The summed E-state index contributed by atoms with van der Waals surface area (Å²) in [5.41, 5.74) is 1.06. The lowest BCUT2D eigenvalue weighted by atomic mass is 10.3. The van der Waals surface area contributed by atoms with Crippen LogP contribution in [0.3, 0.4) is 0 Å². The van der Waals surface area contributed by atoms with Gasteiger partial charge in [0, 0.05) is 32.1 Å². The van der Waals surface area contributed by atoms with Crippen LogP contribution in [0.2, 0.25) is 0 Å². The van der Waals surface area contributed by atoms with Gasteiger partial charge in [-0.2, -0.15) is 5.10 Å². The minimum Gasteiger partial charge on any atom is -0.390 e. The maximum absolute atomic E-state index is 9.68.